The summed E-state index contributed by atoms with van der Waals surface area (Å²) < 4.78 is 15.4. The maximum atomic E-state index is 11.9. The maximum absolute atomic E-state index is 11.9. The van der Waals surface area contributed by atoms with Crippen molar-refractivity contribution in [1.29, 1.82) is 0 Å². The molecule has 0 saturated heterocycles. The predicted octanol–water partition coefficient (Wildman–Crippen LogP) is 2.64. The van der Waals surface area contributed by atoms with Gasteiger partial charge in [-0.1, -0.05) is 12.1 Å². The molecular weight excluding hydrogens is 298 g/mol. The molecule has 23 heavy (non-hydrogen) atoms. The fraction of sp³-hybridized carbons (Fsp3) is 0.176. The van der Waals surface area contributed by atoms with E-state index in [2.05, 4.69) is 5.32 Å². The number of benzene rings is 2. The molecule has 0 fully saturated rings. The van der Waals surface area contributed by atoms with Crippen LogP contribution < -0.4 is 19.5 Å². The number of esters is 1. The van der Waals surface area contributed by atoms with Crippen molar-refractivity contribution in [3.05, 3.63) is 48.5 Å². The monoisotopic (exact) mass is 315 g/mol. The third-order valence-corrected chi connectivity index (χ3v) is 2.79. The number of ether oxygens (including phenoxy) is 3. The highest BCUT2D eigenvalue weighted by atomic mass is 16.5. The van der Waals surface area contributed by atoms with Gasteiger partial charge in [-0.25, -0.2) is 0 Å². The van der Waals surface area contributed by atoms with E-state index in [9.17, 15) is 9.59 Å². The van der Waals surface area contributed by atoms with Crippen LogP contribution in [-0.4, -0.2) is 25.6 Å². The quantitative estimate of drug-likeness (QED) is 0.655. The van der Waals surface area contributed by atoms with Crippen molar-refractivity contribution in [2.24, 2.45) is 0 Å². The average molecular weight is 315 g/mol. The fourth-order valence-corrected chi connectivity index (χ4v) is 1.84. The van der Waals surface area contributed by atoms with Crippen molar-refractivity contribution in [3.63, 3.8) is 0 Å². The van der Waals surface area contributed by atoms with Gasteiger partial charge < -0.3 is 19.5 Å². The number of nitrogens with one attached hydrogen (secondary N) is 1. The lowest BCUT2D eigenvalue weighted by atomic mass is 10.3. The molecule has 120 valence electrons. The van der Waals surface area contributed by atoms with Gasteiger partial charge in [0.2, 0.25) is 0 Å². The molecule has 1 N–H and O–H groups in total. The third-order valence-electron chi connectivity index (χ3n) is 2.79. The lowest BCUT2D eigenvalue weighted by Gasteiger charge is -2.09. The standard InChI is InChI=1S/C17H17NO5/c1-12(19)23-16-8-3-5-13(9-16)18-17(20)11-22-15-7-4-6-14(10-15)21-2/h3-10H,11H2,1-2H3,(H,18,20). The van der Waals surface area contributed by atoms with Gasteiger partial charge in [0.05, 0.1) is 7.11 Å². The van der Waals surface area contributed by atoms with Crippen LogP contribution in [-0.2, 0) is 9.59 Å². The molecule has 0 aliphatic rings. The second-order valence-electron chi connectivity index (χ2n) is 4.64. The minimum absolute atomic E-state index is 0.148. The highest BCUT2D eigenvalue weighted by Crippen LogP contribution is 2.19. The Hall–Kier alpha value is -3.02. The second kappa shape index (κ2) is 7.84. The summed E-state index contributed by atoms with van der Waals surface area (Å²) in [5.41, 5.74) is 0.517. The zero-order valence-electron chi connectivity index (χ0n) is 12.9. The first kappa shape index (κ1) is 16.4. The Morgan fingerprint density at radius 1 is 1.00 bits per heavy atom. The Bertz CT molecular complexity index is 699. The van der Waals surface area contributed by atoms with E-state index in [1.807, 2.05) is 0 Å². The van der Waals surface area contributed by atoms with Crippen molar-refractivity contribution in [1.82, 2.24) is 0 Å². The Morgan fingerprint density at radius 2 is 1.70 bits per heavy atom. The minimum atomic E-state index is -0.421. The number of anilines is 1. The molecule has 1 amide bonds. The zero-order chi connectivity index (χ0) is 16.7. The first-order valence-corrected chi connectivity index (χ1v) is 6.92. The predicted molar refractivity (Wildman–Crippen MR) is 84.9 cm³/mol. The molecule has 0 aromatic heterocycles. The molecule has 0 heterocycles. The van der Waals surface area contributed by atoms with Crippen LogP contribution in [0.25, 0.3) is 0 Å². The highest BCUT2D eigenvalue weighted by molar-refractivity contribution is 5.92. The lowest BCUT2D eigenvalue weighted by molar-refractivity contribution is -0.131. The SMILES string of the molecule is COc1cccc(OCC(=O)Nc2cccc(OC(C)=O)c2)c1. The zero-order valence-corrected chi connectivity index (χ0v) is 12.9. The van der Waals surface area contributed by atoms with Crippen molar-refractivity contribution < 1.29 is 23.8 Å². The summed E-state index contributed by atoms with van der Waals surface area (Å²) in [5, 5.41) is 2.67. The van der Waals surface area contributed by atoms with Crippen LogP contribution in [0, 0.1) is 0 Å². The van der Waals surface area contributed by atoms with E-state index in [1.165, 1.54) is 6.92 Å². The van der Waals surface area contributed by atoms with Crippen LogP contribution in [0.1, 0.15) is 6.92 Å². The van der Waals surface area contributed by atoms with Crippen LogP contribution in [0.15, 0.2) is 48.5 Å². The number of hydrogen-bond donors (Lipinski definition) is 1. The first-order chi connectivity index (χ1) is 11.1. The van der Waals surface area contributed by atoms with Gasteiger partial charge in [-0.15, -0.1) is 0 Å². The molecular formula is C17H17NO5. The summed E-state index contributed by atoms with van der Waals surface area (Å²) in [6.07, 6.45) is 0. The molecule has 0 bridgehead atoms. The van der Waals surface area contributed by atoms with Gasteiger partial charge in [-0.2, -0.15) is 0 Å². The summed E-state index contributed by atoms with van der Waals surface area (Å²) >= 11 is 0. The third kappa shape index (κ3) is 5.35. The largest absolute Gasteiger partial charge is 0.497 e. The molecule has 0 spiro atoms. The van der Waals surface area contributed by atoms with E-state index in [4.69, 9.17) is 14.2 Å². The van der Waals surface area contributed by atoms with Crippen LogP contribution in [0.2, 0.25) is 0 Å². The molecule has 0 unspecified atom stereocenters. The maximum Gasteiger partial charge on any atom is 0.308 e. The van der Waals surface area contributed by atoms with Gasteiger partial charge in [0.1, 0.15) is 17.2 Å². The van der Waals surface area contributed by atoms with Gasteiger partial charge in [0.15, 0.2) is 6.61 Å². The molecule has 2 rings (SSSR count). The van der Waals surface area contributed by atoms with Crippen LogP contribution in [0.4, 0.5) is 5.69 Å². The van der Waals surface area contributed by atoms with E-state index >= 15 is 0 Å². The Balaban J connectivity index is 1.90. The van der Waals surface area contributed by atoms with E-state index in [0.717, 1.165) is 0 Å². The molecule has 0 radical (unpaired) electrons. The van der Waals surface area contributed by atoms with Crippen LogP contribution in [0.5, 0.6) is 17.2 Å². The summed E-state index contributed by atoms with van der Waals surface area (Å²) in [6, 6.07) is 13.5. The fourth-order valence-electron chi connectivity index (χ4n) is 1.84. The lowest BCUT2D eigenvalue weighted by Crippen LogP contribution is -2.20. The van der Waals surface area contributed by atoms with Gasteiger partial charge in [-0.3, -0.25) is 9.59 Å². The van der Waals surface area contributed by atoms with Crippen LogP contribution >= 0.6 is 0 Å². The Labute approximate surface area is 134 Å². The normalized spacial score (nSPS) is 9.83. The van der Waals surface area contributed by atoms with Crippen molar-refractivity contribution in [2.45, 2.75) is 6.92 Å². The molecule has 2 aromatic rings. The van der Waals surface area contributed by atoms with Crippen molar-refractivity contribution in [2.75, 3.05) is 19.0 Å². The molecule has 0 saturated carbocycles. The van der Waals surface area contributed by atoms with Gasteiger partial charge >= 0.3 is 5.97 Å². The Kier molecular flexibility index (Phi) is 5.57. The molecule has 6 nitrogen and oxygen atoms in total. The number of amides is 1. The average Bonchev–Trinajstić information content (AvgIpc) is 2.53. The highest BCUT2D eigenvalue weighted by Gasteiger charge is 2.06. The molecule has 0 atom stereocenters. The number of hydrogen-bond acceptors (Lipinski definition) is 5. The summed E-state index contributed by atoms with van der Waals surface area (Å²) in [5.74, 6) is 0.803. The summed E-state index contributed by atoms with van der Waals surface area (Å²) in [7, 11) is 1.56. The van der Waals surface area contributed by atoms with Gasteiger partial charge in [-0.05, 0) is 24.3 Å². The topological polar surface area (TPSA) is 73.9 Å². The molecule has 6 heteroatoms. The van der Waals surface area contributed by atoms with Crippen molar-refractivity contribution in [3.8, 4) is 17.2 Å². The number of rotatable bonds is 6. The van der Waals surface area contributed by atoms with E-state index in [0.29, 0.717) is 22.9 Å². The Morgan fingerprint density at radius 3 is 2.43 bits per heavy atom. The molecule has 2 aromatic carbocycles. The smallest absolute Gasteiger partial charge is 0.308 e. The number of methoxy groups -OCH3 is 1. The van der Waals surface area contributed by atoms with E-state index in [1.54, 1.807) is 55.6 Å². The van der Waals surface area contributed by atoms with E-state index < -0.39 is 5.97 Å². The van der Waals surface area contributed by atoms with Crippen molar-refractivity contribution >= 4 is 17.6 Å². The number of carbonyl (C=O) groups excluding carboxylic acids is 2. The number of carbonyl (C=O) groups is 2. The van der Waals surface area contributed by atoms with E-state index in [-0.39, 0.29) is 12.5 Å². The second-order valence-corrected chi connectivity index (χ2v) is 4.64. The minimum Gasteiger partial charge on any atom is -0.497 e. The molecule has 0 aliphatic heterocycles. The van der Waals surface area contributed by atoms with Gasteiger partial charge in [0.25, 0.3) is 5.91 Å². The summed E-state index contributed by atoms with van der Waals surface area (Å²) in [6.45, 7) is 1.16. The summed E-state index contributed by atoms with van der Waals surface area (Å²) in [4.78, 5) is 22.8. The first-order valence-electron chi connectivity index (χ1n) is 6.92. The van der Waals surface area contributed by atoms with Crippen LogP contribution in [0.3, 0.4) is 0 Å². The van der Waals surface area contributed by atoms with Gasteiger partial charge in [0, 0.05) is 24.7 Å². The molecule has 0 aliphatic carbocycles.